The van der Waals surface area contributed by atoms with Crippen molar-refractivity contribution in [3.05, 3.63) is 40.7 Å². The second-order valence-corrected chi connectivity index (χ2v) is 5.59. The maximum absolute atomic E-state index is 13.3. The Bertz CT molecular complexity index is 793. The van der Waals surface area contributed by atoms with Crippen LogP contribution in [0.4, 0.5) is 22.7 Å². The number of alkyl halides is 3. The molecule has 0 aliphatic rings. The summed E-state index contributed by atoms with van der Waals surface area (Å²) in [5.74, 6) is -2.50. The van der Waals surface area contributed by atoms with Gasteiger partial charge in [0.1, 0.15) is 0 Å². The first-order valence-corrected chi connectivity index (χ1v) is 8.09. The van der Waals surface area contributed by atoms with Crippen LogP contribution in [-0.2, 0) is 16.0 Å². The Morgan fingerprint density at radius 1 is 1.42 bits per heavy atom. The highest BCUT2D eigenvalue weighted by Gasteiger charge is 2.32. The lowest BCUT2D eigenvalue weighted by molar-refractivity contribution is -0.275. The molecule has 0 amide bonds. The number of nitrogens with zero attached hydrogens (tertiary/aromatic N) is 2. The lowest BCUT2D eigenvalue weighted by Crippen LogP contribution is -2.18. The van der Waals surface area contributed by atoms with E-state index in [0.29, 0.717) is 10.8 Å². The van der Waals surface area contributed by atoms with Gasteiger partial charge in [-0.25, -0.2) is 9.37 Å². The normalized spacial score (nSPS) is 11.6. The zero-order valence-corrected chi connectivity index (χ0v) is 14.2. The summed E-state index contributed by atoms with van der Waals surface area (Å²) >= 11 is 1.18. The second-order valence-electron chi connectivity index (χ2n) is 4.73. The van der Waals surface area contributed by atoms with E-state index in [1.807, 2.05) is 0 Å². The summed E-state index contributed by atoms with van der Waals surface area (Å²) in [5, 5.41) is 5.82. The van der Waals surface area contributed by atoms with Gasteiger partial charge in [-0.2, -0.15) is 5.10 Å². The largest absolute Gasteiger partial charge is 0.573 e. The molecule has 0 bridgehead atoms. The van der Waals surface area contributed by atoms with Gasteiger partial charge in [0, 0.05) is 5.38 Å². The quantitative estimate of drug-likeness (QED) is 0.337. The predicted molar refractivity (Wildman–Crippen MR) is 86.8 cm³/mol. The number of carbonyl (C=O) groups excluding carboxylic acids is 1. The molecule has 1 aromatic carbocycles. The SMILES string of the molecule is CCOC(=O)Cc1csc(NN=Cc2ccc(F)c(OC(F)(F)F)c2)n1. The van der Waals surface area contributed by atoms with E-state index in [4.69, 9.17) is 4.74 Å². The van der Waals surface area contributed by atoms with E-state index in [9.17, 15) is 22.4 Å². The van der Waals surface area contributed by atoms with Crippen LogP contribution in [0.25, 0.3) is 0 Å². The van der Waals surface area contributed by atoms with Crippen LogP contribution < -0.4 is 10.2 Å². The number of carbonyl (C=O) groups is 1. The Kier molecular flexibility index (Phi) is 6.50. The van der Waals surface area contributed by atoms with Gasteiger partial charge in [0.2, 0.25) is 5.13 Å². The lowest BCUT2D eigenvalue weighted by Gasteiger charge is -2.09. The van der Waals surface area contributed by atoms with Gasteiger partial charge in [0.05, 0.1) is 24.9 Å². The molecule has 6 nitrogen and oxygen atoms in total. The monoisotopic (exact) mass is 391 g/mol. The molecule has 0 saturated carbocycles. The minimum Gasteiger partial charge on any atom is -0.466 e. The number of hydrogen-bond acceptors (Lipinski definition) is 7. The van der Waals surface area contributed by atoms with Crippen molar-refractivity contribution in [2.45, 2.75) is 19.7 Å². The Hall–Kier alpha value is -2.69. The highest BCUT2D eigenvalue weighted by Crippen LogP contribution is 2.26. The van der Waals surface area contributed by atoms with Crippen LogP contribution in [0.15, 0.2) is 28.7 Å². The minimum atomic E-state index is -4.99. The van der Waals surface area contributed by atoms with Crippen molar-refractivity contribution in [1.82, 2.24) is 4.98 Å². The summed E-state index contributed by atoms with van der Waals surface area (Å²) < 4.78 is 58.3. The van der Waals surface area contributed by atoms with Crippen LogP contribution in [0.1, 0.15) is 18.2 Å². The average molecular weight is 391 g/mol. The first-order chi connectivity index (χ1) is 12.3. The molecule has 0 radical (unpaired) electrons. The Morgan fingerprint density at radius 3 is 2.88 bits per heavy atom. The minimum absolute atomic E-state index is 0.0197. The van der Waals surface area contributed by atoms with Gasteiger partial charge in [0.15, 0.2) is 11.6 Å². The number of hydrogen-bond donors (Lipinski definition) is 1. The van der Waals surface area contributed by atoms with Crippen molar-refractivity contribution in [3.63, 3.8) is 0 Å². The zero-order chi connectivity index (χ0) is 19.2. The molecule has 1 aromatic heterocycles. The highest BCUT2D eigenvalue weighted by atomic mass is 32.1. The van der Waals surface area contributed by atoms with E-state index in [1.165, 1.54) is 23.6 Å². The molecule has 0 atom stereocenters. The smallest absolute Gasteiger partial charge is 0.466 e. The van der Waals surface area contributed by atoms with Crippen LogP contribution >= 0.6 is 11.3 Å². The Labute approximate surface area is 149 Å². The molecule has 2 rings (SSSR count). The van der Waals surface area contributed by atoms with Crippen LogP contribution in [0.5, 0.6) is 5.75 Å². The van der Waals surface area contributed by atoms with Crippen LogP contribution in [0, 0.1) is 5.82 Å². The van der Waals surface area contributed by atoms with Gasteiger partial charge in [-0.1, -0.05) is 6.07 Å². The fourth-order valence-electron chi connectivity index (χ4n) is 1.76. The molecule has 0 aliphatic heterocycles. The third kappa shape index (κ3) is 6.31. The van der Waals surface area contributed by atoms with Crippen LogP contribution in [0.2, 0.25) is 0 Å². The molecular formula is C15H13F4N3O3S. The summed E-state index contributed by atoms with van der Waals surface area (Å²) in [7, 11) is 0. The first-order valence-electron chi connectivity index (χ1n) is 7.21. The topological polar surface area (TPSA) is 72.8 Å². The van der Waals surface area contributed by atoms with E-state index in [-0.39, 0.29) is 18.6 Å². The molecule has 0 fully saturated rings. The predicted octanol–water partition coefficient (Wildman–Crippen LogP) is 3.73. The number of hydrazone groups is 1. The van der Waals surface area contributed by atoms with Crippen molar-refractivity contribution in [1.29, 1.82) is 0 Å². The van der Waals surface area contributed by atoms with Gasteiger partial charge >= 0.3 is 12.3 Å². The van der Waals surface area contributed by atoms with E-state index in [0.717, 1.165) is 12.1 Å². The van der Waals surface area contributed by atoms with E-state index in [1.54, 1.807) is 12.3 Å². The van der Waals surface area contributed by atoms with Crippen LogP contribution in [-0.4, -0.2) is 30.1 Å². The maximum atomic E-state index is 13.3. The molecule has 1 heterocycles. The third-order valence-corrected chi connectivity index (χ3v) is 3.53. The van der Waals surface area contributed by atoms with E-state index < -0.39 is 23.9 Å². The summed E-state index contributed by atoms with van der Waals surface area (Å²) in [6.07, 6.45) is -3.80. The molecule has 2 aromatic rings. The number of halogens is 4. The number of thiazole rings is 1. The van der Waals surface area contributed by atoms with E-state index >= 15 is 0 Å². The number of ether oxygens (including phenoxy) is 2. The van der Waals surface area contributed by atoms with Crippen molar-refractivity contribution >= 4 is 28.7 Å². The molecule has 0 unspecified atom stereocenters. The number of nitrogens with one attached hydrogen (secondary N) is 1. The highest BCUT2D eigenvalue weighted by molar-refractivity contribution is 7.13. The summed E-state index contributed by atoms with van der Waals surface area (Å²) in [6, 6.07) is 2.93. The summed E-state index contributed by atoms with van der Waals surface area (Å²) in [4.78, 5) is 15.5. The molecular weight excluding hydrogens is 378 g/mol. The number of anilines is 1. The molecule has 26 heavy (non-hydrogen) atoms. The molecule has 11 heteroatoms. The fraction of sp³-hybridized carbons (Fsp3) is 0.267. The van der Waals surface area contributed by atoms with Gasteiger partial charge in [-0.05, 0) is 24.6 Å². The average Bonchev–Trinajstić information content (AvgIpc) is 2.96. The van der Waals surface area contributed by atoms with Crippen LogP contribution in [0.3, 0.4) is 0 Å². The number of aromatic nitrogens is 1. The van der Waals surface area contributed by atoms with Gasteiger partial charge in [-0.15, -0.1) is 24.5 Å². The van der Waals surface area contributed by atoms with Gasteiger partial charge in [-0.3, -0.25) is 10.2 Å². The fourth-order valence-corrected chi connectivity index (χ4v) is 2.42. The Balaban J connectivity index is 1.97. The van der Waals surface area contributed by atoms with Gasteiger partial charge in [0.25, 0.3) is 0 Å². The van der Waals surface area contributed by atoms with E-state index in [2.05, 4.69) is 20.2 Å². The Morgan fingerprint density at radius 2 is 2.19 bits per heavy atom. The van der Waals surface area contributed by atoms with Gasteiger partial charge < -0.3 is 9.47 Å². The molecule has 0 saturated heterocycles. The summed E-state index contributed by atoms with van der Waals surface area (Å²) in [6.45, 7) is 1.97. The second kappa shape index (κ2) is 8.61. The third-order valence-electron chi connectivity index (χ3n) is 2.74. The van der Waals surface area contributed by atoms with Crippen molar-refractivity contribution in [2.24, 2.45) is 5.10 Å². The zero-order valence-electron chi connectivity index (χ0n) is 13.3. The molecule has 0 aliphatic carbocycles. The lowest BCUT2D eigenvalue weighted by atomic mass is 10.2. The summed E-state index contributed by atoms with van der Waals surface area (Å²) in [5.41, 5.74) is 3.25. The number of rotatable bonds is 7. The maximum Gasteiger partial charge on any atom is 0.573 e. The van der Waals surface area contributed by atoms with Crippen molar-refractivity contribution in [2.75, 3.05) is 12.0 Å². The van der Waals surface area contributed by atoms with Crippen molar-refractivity contribution < 1.29 is 31.8 Å². The molecule has 0 spiro atoms. The first kappa shape index (κ1) is 19.6. The molecule has 140 valence electrons. The number of esters is 1. The van der Waals surface area contributed by atoms with Crippen molar-refractivity contribution in [3.8, 4) is 5.75 Å². The number of benzene rings is 1. The standard InChI is InChI=1S/C15H13F4N3O3S/c1-2-24-13(23)6-10-8-26-14(21-10)22-20-7-9-3-4-11(16)12(5-9)25-15(17,18)19/h3-5,7-8H,2,6H2,1H3,(H,21,22). The molecule has 1 N–H and O–H groups in total.